The van der Waals surface area contributed by atoms with Gasteiger partial charge in [-0.1, -0.05) is 34.8 Å². The van der Waals surface area contributed by atoms with Crippen LogP contribution in [0.4, 0.5) is 5.69 Å². The Morgan fingerprint density at radius 3 is 2.50 bits per heavy atom. The van der Waals surface area contributed by atoms with Crippen LogP contribution >= 0.6 is 34.8 Å². The van der Waals surface area contributed by atoms with Gasteiger partial charge in [-0.05, 0) is 38.5 Å². The SMILES string of the molecule is CCn1nc(C)c(Cl)c1CNc1cc(Cl)c(C)cc1Cl. The van der Waals surface area contributed by atoms with E-state index < -0.39 is 0 Å². The molecule has 0 aliphatic heterocycles. The van der Waals surface area contributed by atoms with Crippen LogP contribution in [0.15, 0.2) is 12.1 Å². The molecule has 1 N–H and O–H groups in total. The summed E-state index contributed by atoms with van der Waals surface area (Å²) < 4.78 is 1.88. The number of nitrogens with zero attached hydrogens (tertiary/aromatic N) is 2. The molecule has 0 saturated heterocycles. The minimum Gasteiger partial charge on any atom is -0.378 e. The van der Waals surface area contributed by atoms with E-state index >= 15 is 0 Å². The second-order valence-corrected chi connectivity index (χ2v) is 5.79. The van der Waals surface area contributed by atoms with Crippen LogP contribution in [0, 0.1) is 13.8 Å². The number of nitrogens with one attached hydrogen (secondary N) is 1. The van der Waals surface area contributed by atoms with Gasteiger partial charge in [0.05, 0.1) is 33.7 Å². The molecule has 2 aromatic rings. The maximum absolute atomic E-state index is 6.27. The zero-order valence-corrected chi connectivity index (χ0v) is 13.9. The number of benzene rings is 1. The van der Waals surface area contributed by atoms with Crippen molar-refractivity contribution in [2.75, 3.05) is 5.32 Å². The summed E-state index contributed by atoms with van der Waals surface area (Å²) in [7, 11) is 0. The van der Waals surface area contributed by atoms with Crippen molar-refractivity contribution in [2.24, 2.45) is 0 Å². The second-order valence-electron chi connectivity index (χ2n) is 4.60. The van der Waals surface area contributed by atoms with Gasteiger partial charge in [0.15, 0.2) is 0 Å². The Balaban J connectivity index is 2.23. The summed E-state index contributed by atoms with van der Waals surface area (Å²) in [6.07, 6.45) is 0. The molecule has 0 bridgehead atoms. The summed E-state index contributed by atoms with van der Waals surface area (Å²) in [6.45, 7) is 7.17. The minimum atomic E-state index is 0.548. The fourth-order valence-electron chi connectivity index (χ4n) is 2.00. The third kappa shape index (κ3) is 3.05. The van der Waals surface area contributed by atoms with Gasteiger partial charge in [-0.25, -0.2) is 0 Å². The average molecular weight is 333 g/mol. The summed E-state index contributed by atoms with van der Waals surface area (Å²) >= 11 is 18.6. The summed E-state index contributed by atoms with van der Waals surface area (Å²) in [4.78, 5) is 0. The maximum Gasteiger partial charge on any atom is 0.0865 e. The van der Waals surface area contributed by atoms with E-state index in [9.17, 15) is 0 Å². The third-order valence-electron chi connectivity index (χ3n) is 3.15. The zero-order valence-electron chi connectivity index (χ0n) is 11.6. The van der Waals surface area contributed by atoms with E-state index in [1.165, 1.54) is 0 Å². The number of rotatable bonds is 4. The molecule has 0 amide bonds. The summed E-state index contributed by atoms with van der Waals surface area (Å²) in [5, 5.41) is 9.66. The fraction of sp³-hybridized carbons (Fsp3) is 0.357. The van der Waals surface area contributed by atoms with E-state index in [0.29, 0.717) is 21.6 Å². The van der Waals surface area contributed by atoms with Crippen molar-refractivity contribution in [3.63, 3.8) is 0 Å². The molecule has 0 atom stereocenters. The predicted molar refractivity (Wildman–Crippen MR) is 86.2 cm³/mol. The molecular weight excluding hydrogens is 317 g/mol. The Kier molecular flexibility index (Phi) is 4.84. The number of hydrogen-bond acceptors (Lipinski definition) is 2. The minimum absolute atomic E-state index is 0.548. The van der Waals surface area contributed by atoms with Gasteiger partial charge in [0, 0.05) is 11.6 Å². The molecule has 1 aromatic heterocycles. The van der Waals surface area contributed by atoms with Gasteiger partial charge in [0.2, 0.25) is 0 Å². The van der Waals surface area contributed by atoms with Crippen molar-refractivity contribution >= 4 is 40.5 Å². The molecule has 108 valence electrons. The van der Waals surface area contributed by atoms with Crippen LogP contribution in [0.1, 0.15) is 23.9 Å². The van der Waals surface area contributed by atoms with Gasteiger partial charge in [0.25, 0.3) is 0 Å². The van der Waals surface area contributed by atoms with Gasteiger partial charge in [0.1, 0.15) is 0 Å². The lowest BCUT2D eigenvalue weighted by Crippen LogP contribution is -2.08. The monoisotopic (exact) mass is 331 g/mol. The molecule has 20 heavy (non-hydrogen) atoms. The van der Waals surface area contributed by atoms with Crippen LogP contribution in [-0.4, -0.2) is 9.78 Å². The Bertz CT molecular complexity index is 635. The van der Waals surface area contributed by atoms with Crippen LogP contribution in [0.2, 0.25) is 15.1 Å². The first-order valence-electron chi connectivity index (χ1n) is 6.35. The Hall–Kier alpha value is -0.900. The van der Waals surface area contributed by atoms with Gasteiger partial charge < -0.3 is 5.32 Å². The zero-order chi connectivity index (χ0) is 14.9. The van der Waals surface area contributed by atoms with E-state index in [1.54, 1.807) is 0 Å². The molecule has 0 fully saturated rings. The molecule has 1 heterocycles. The van der Waals surface area contributed by atoms with Crippen LogP contribution in [0.25, 0.3) is 0 Å². The largest absolute Gasteiger partial charge is 0.378 e. The van der Waals surface area contributed by atoms with Crippen LogP contribution in [0.3, 0.4) is 0 Å². The molecule has 1 aromatic carbocycles. The number of hydrogen-bond donors (Lipinski definition) is 1. The molecular formula is C14H16Cl3N3. The normalized spacial score (nSPS) is 10.9. The first-order chi connectivity index (χ1) is 9.43. The summed E-state index contributed by atoms with van der Waals surface area (Å²) in [5.41, 5.74) is 3.52. The van der Waals surface area contributed by atoms with Gasteiger partial charge in [-0.3, -0.25) is 4.68 Å². The van der Waals surface area contributed by atoms with Crippen LogP contribution in [-0.2, 0) is 13.1 Å². The van der Waals surface area contributed by atoms with Gasteiger partial charge in [-0.15, -0.1) is 0 Å². The highest BCUT2D eigenvalue weighted by atomic mass is 35.5. The van der Waals surface area contributed by atoms with Gasteiger partial charge in [-0.2, -0.15) is 5.10 Å². The first kappa shape index (κ1) is 15.5. The van der Waals surface area contributed by atoms with E-state index in [2.05, 4.69) is 10.4 Å². The Labute approximate surface area is 133 Å². The van der Waals surface area contributed by atoms with E-state index in [1.807, 2.05) is 37.6 Å². The molecule has 0 radical (unpaired) electrons. The average Bonchev–Trinajstić information content (AvgIpc) is 2.68. The molecule has 0 aliphatic carbocycles. The van der Waals surface area contributed by atoms with E-state index in [-0.39, 0.29) is 0 Å². The van der Waals surface area contributed by atoms with E-state index in [0.717, 1.165) is 29.2 Å². The fourth-order valence-corrected chi connectivity index (χ4v) is 2.65. The van der Waals surface area contributed by atoms with Crippen molar-refractivity contribution in [1.29, 1.82) is 0 Å². The molecule has 6 heteroatoms. The topological polar surface area (TPSA) is 29.9 Å². The Morgan fingerprint density at radius 1 is 1.15 bits per heavy atom. The van der Waals surface area contributed by atoms with Crippen molar-refractivity contribution < 1.29 is 0 Å². The highest BCUT2D eigenvalue weighted by Gasteiger charge is 2.13. The number of aryl methyl sites for hydroxylation is 3. The summed E-state index contributed by atoms with van der Waals surface area (Å²) in [5.74, 6) is 0. The van der Waals surface area contributed by atoms with Crippen molar-refractivity contribution in [3.8, 4) is 0 Å². The lowest BCUT2D eigenvalue weighted by atomic mass is 10.2. The van der Waals surface area contributed by atoms with Crippen molar-refractivity contribution in [2.45, 2.75) is 33.9 Å². The van der Waals surface area contributed by atoms with Gasteiger partial charge >= 0.3 is 0 Å². The molecule has 0 aliphatic rings. The molecule has 0 saturated carbocycles. The highest BCUT2D eigenvalue weighted by Crippen LogP contribution is 2.30. The predicted octanol–water partition coefficient (Wildman–Crippen LogP) is 5.09. The van der Waals surface area contributed by atoms with Crippen LogP contribution < -0.4 is 5.32 Å². The second kappa shape index (κ2) is 6.25. The maximum atomic E-state index is 6.27. The van der Waals surface area contributed by atoms with E-state index in [4.69, 9.17) is 34.8 Å². The van der Waals surface area contributed by atoms with Crippen LogP contribution in [0.5, 0.6) is 0 Å². The smallest absolute Gasteiger partial charge is 0.0865 e. The lowest BCUT2D eigenvalue weighted by molar-refractivity contribution is 0.623. The molecule has 0 spiro atoms. The summed E-state index contributed by atoms with van der Waals surface area (Å²) in [6, 6.07) is 3.67. The van der Waals surface area contributed by atoms with Crippen molar-refractivity contribution in [3.05, 3.63) is 44.2 Å². The molecule has 2 rings (SSSR count). The third-order valence-corrected chi connectivity index (χ3v) is 4.36. The quantitative estimate of drug-likeness (QED) is 0.845. The lowest BCUT2D eigenvalue weighted by Gasteiger charge is -2.11. The number of anilines is 1. The van der Waals surface area contributed by atoms with Crippen molar-refractivity contribution in [1.82, 2.24) is 9.78 Å². The highest BCUT2D eigenvalue weighted by molar-refractivity contribution is 6.35. The number of halogens is 3. The first-order valence-corrected chi connectivity index (χ1v) is 7.48. The Morgan fingerprint density at radius 2 is 1.85 bits per heavy atom. The number of aromatic nitrogens is 2. The standard InChI is InChI=1S/C14H16Cl3N3/c1-4-20-13(14(17)9(3)19-20)7-18-12-6-10(15)8(2)5-11(12)16/h5-6,18H,4,7H2,1-3H3. The molecule has 3 nitrogen and oxygen atoms in total. The molecule has 0 unspecified atom stereocenters.